The van der Waals surface area contributed by atoms with E-state index in [4.69, 9.17) is 37.4 Å². The van der Waals surface area contributed by atoms with Gasteiger partial charge in [-0.2, -0.15) is 5.10 Å². The third-order valence-corrected chi connectivity index (χ3v) is 5.16. The van der Waals surface area contributed by atoms with Gasteiger partial charge in [-0.1, -0.05) is 42.3 Å². The molecule has 178 valence electrons. The highest BCUT2D eigenvalue weighted by atomic mass is 35.5. The zero-order chi connectivity index (χ0) is 24.3. The van der Waals surface area contributed by atoms with E-state index in [9.17, 15) is 4.79 Å². The Kier molecular flexibility index (Phi) is 9.62. The molecule has 0 saturated carbocycles. The Morgan fingerprint density at radius 3 is 2.38 bits per heavy atom. The van der Waals surface area contributed by atoms with Crippen molar-refractivity contribution >= 4 is 35.3 Å². The van der Waals surface area contributed by atoms with Crippen LogP contribution >= 0.6 is 23.2 Å². The average molecular weight is 501 g/mol. The molecule has 3 rings (SSSR count). The zero-order valence-corrected chi connectivity index (χ0v) is 20.5. The summed E-state index contributed by atoms with van der Waals surface area (Å²) >= 11 is 12.2. The van der Waals surface area contributed by atoms with Crippen molar-refractivity contribution in [3.8, 4) is 17.2 Å². The van der Waals surface area contributed by atoms with E-state index in [1.54, 1.807) is 36.4 Å². The number of benzene rings is 3. The molecule has 0 heterocycles. The summed E-state index contributed by atoms with van der Waals surface area (Å²) in [6, 6.07) is 17.7. The van der Waals surface area contributed by atoms with Gasteiger partial charge in [-0.25, -0.2) is 5.43 Å². The van der Waals surface area contributed by atoms with Crippen LogP contribution in [0.4, 0.5) is 0 Å². The minimum atomic E-state index is -0.367. The number of ether oxygens (including phenoxy) is 3. The normalized spacial score (nSPS) is 10.8. The van der Waals surface area contributed by atoms with E-state index in [2.05, 4.69) is 10.5 Å². The van der Waals surface area contributed by atoms with E-state index in [1.807, 2.05) is 38.1 Å². The first kappa shape index (κ1) is 25.4. The lowest BCUT2D eigenvalue weighted by atomic mass is 10.2. The highest BCUT2D eigenvalue weighted by Crippen LogP contribution is 2.29. The van der Waals surface area contributed by atoms with Crippen LogP contribution in [0.25, 0.3) is 0 Å². The van der Waals surface area contributed by atoms with Gasteiger partial charge >= 0.3 is 0 Å². The summed E-state index contributed by atoms with van der Waals surface area (Å²) in [5, 5.41) is 5.14. The summed E-state index contributed by atoms with van der Waals surface area (Å²) in [7, 11) is 0. The molecule has 0 unspecified atom stereocenters. The van der Waals surface area contributed by atoms with Crippen molar-refractivity contribution in [2.24, 2.45) is 5.10 Å². The van der Waals surface area contributed by atoms with Crippen molar-refractivity contribution in [2.45, 2.75) is 26.9 Å². The third kappa shape index (κ3) is 7.40. The number of carbonyl (C=O) groups excluding carboxylic acids is 1. The fourth-order valence-electron chi connectivity index (χ4n) is 2.94. The molecule has 0 atom stereocenters. The molecule has 6 nitrogen and oxygen atoms in total. The second-order valence-electron chi connectivity index (χ2n) is 7.25. The molecule has 0 bridgehead atoms. The number of nitrogens with one attached hydrogen (secondary N) is 1. The zero-order valence-electron chi connectivity index (χ0n) is 19.0. The molecule has 1 N–H and O–H groups in total. The number of hydrazone groups is 1. The molecule has 3 aromatic rings. The van der Waals surface area contributed by atoms with Gasteiger partial charge in [-0.3, -0.25) is 4.79 Å². The lowest BCUT2D eigenvalue weighted by molar-refractivity contribution is 0.0954. The minimum absolute atomic E-state index is 0.367. The van der Waals surface area contributed by atoms with E-state index < -0.39 is 0 Å². The van der Waals surface area contributed by atoms with Gasteiger partial charge in [0.1, 0.15) is 12.4 Å². The summed E-state index contributed by atoms with van der Waals surface area (Å²) in [4.78, 5) is 12.5. The molecule has 1 amide bonds. The van der Waals surface area contributed by atoms with Crippen molar-refractivity contribution in [3.63, 3.8) is 0 Å². The second-order valence-corrected chi connectivity index (χ2v) is 8.09. The maximum absolute atomic E-state index is 12.5. The Bertz CT molecular complexity index is 1130. The molecule has 0 aliphatic heterocycles. The maximum Gasteiger partial charge on any atom is 0.271 e. The van der Waals surface area contributed by atoms with Gasteiger partial charge in [-0.15, -0.1) is 0 Å². The summed E-state index contributed by atoms with van der Waals surface area (Å²) in [5.41, 5.74) is 4.61. The van der Waals surface area contributed by atoms with Crippen LogP contribution in [0.3, 0.4) is 0 Å². The molecule has 34 heavy (non-hydrogen) atoms. The van der Waals surface area contributed by atoms with Crippen LogP contribution in [0.15, 0.2) is 65.8 Å². The third-order valence-electron chi connectivity index (χ3n) is 4.61. The monoisotopic (exact) mass is 500 g/mol. The smallest absolute Gasteiger partial charge is 0.271 e. The lowest BCUT2D eigenvalue weighted by Crippen LogP contribution is -2.17. The van der Waals surface area contributed by atoms with Crippen LogP contribution in [0.1, 0.15) is 41.8 Å². The van der Waals surface area contributed by atoms with Crippen LogP contribution in [-0.2, 0) is 6.61 Å². The van der Waals surface area contributed by atoms with Crippen LogP contribution in [0.2, 0.25) is 10.0 Å². The largest absolute Gasteiger partial charge is 0.490 e. The number of amides is 1. The second kappa shape index (κ2) is 12.9. The number of carbonyl (C=O) groups is 1. The Hall–Kier alpha value is -3.22. The predicted molar refractivity (Wildman–Crippen MR) is 136 cm³/mol. The Morgan fingerprint density at radius 1 is 0.912 bits per heavy atom. The number of nitrogens with zero attached hydrogens (tertiary/aromatic N) is 1. The van der Waals surface area contributed by atoms with Gasteiger partial charge in [0.25, 0.3) is 5.91 Å². The predicted octanol–water partition coefficient (Wildman–Crippen LogP) is 6.52. The highest BCUT2D eigenvalue weighted by Gasteiger charge is 2.11. The maximum atomic E-state index is 12.5. The molecule has 0 fully saturated rings. The van der Waals surface area contributed by atoms with Crippen LogP contribution in [0, 0.1) is 0 Å². The topological polar surface area (TPSA) is 69.2 Å². The number of hydrogen-bond donors (Lipinski definition) is 1. The molecule has 0 radical (unpaired) electrons. The van der Waals surface area contributed by atoms with Crippen molar-refractivity contribution in [2.75, 3.05) is 13.2 Å². The van der Waals surface area contributed by atoms with E-state index >= 15 is 0 Å². The first-order chi connectivity index (χ1) is 16.5. The van der Waals surface area contributed by atoms with Gasteiger partial charge in [0.2, 0.25) is 0 Å². The number of rotatable bonds is 11. The van der Waals surface area contributed by atoms with Crippen LogP contribution in [0.5, 0.6) is 17.2 Å². The number of hydrogen-bond acceptors (Lipinski definition) is 5. The van der Waals surface area contributed by atoms with Gasteiger partial charge in [-0.05, 0) is 73.0 Å². The molecular formula is C26H26Cl2N2O4. The van der Waals surface area contributed by atoms with Crippen LogP contribution < -0.4 is 19.6 Å². The molecule has 0 saturated heterocycles. The molecular weight excluding hydrogens is 475 g/mol. The standard InChI is InChI=1S/C26H26Cl2N2O4/c1-3-13-33-24-12-8-20(15-25(24)32-4-2)26(31)30-29-16-19-7-11-23(22(28)14-19)34-17-18-5-9-21(27)10-6-18/h5-12,14-16H,3-4,13,17H2,1-2H3,(H,30,31)/b29-16+. The Balaban J connectivity index is 1.59. The summed E-state index contributed by atoms with van der Waals surface area (Å²) < 4.78 is 17.0. The molecule has 3 aromatic carbocycles. The molecule has 0 aromatic heterocycles. The van der Waals surface area contributed by atoms with Crippen molar-refractivity contribution in [3.05, 3.63) is 87.4 Å². The van der Waals surface area contributed by atoms with E-state index in [0.29, 0.717) is 58.2 Å². The van der Waals surface area contributed by atoms with E-state index in [0.717, 1.165) is 12.0 Å². The molecule has 0 aliphatic rings. The van der Waals surface area contributed by atoms with Gasteiger partial charge < -0.3 is 14.2 Å². The first-order valence-corrected chi connectivity index (χ1v) is 11.7. The molecule has 0 aliphatic carbocycles. The lowest BCUT2D eigenvalue weighted by Gasteiger charge is -2.12. The van der Waals surface area contributed by atoms with E-state index in [1.165, 1.54) is 6.21 Å². The van der Waals surface area contributed by atoms with Gasteiger partial charge in [0, 0.05) is 10.6 Å². The minimum Gasteiger partial charge on any atom is -0.490 e. The average Bonchev–Trinajstić information content (AvgIpc) is 2.84. The Labute approximate surface area is 209 Å². The van der Waals surface area contributed by atoms with Gasteiger partial charge in [0.05, 0.1) is 24.5 Å². The van der Waals surface area contributed by atoms with Crippen molar-refractivity contribution in [1.82, 2.24) is 5.43 Å². The molecule has 0 spiro atoms. The highest BCUT2D eigenvalue weighted by molar-refractivity contribution is 6.32. The van der Waals surface area contributed by atoms with E-state index in [-0.39, 0.29) is 5.91 Å². The Morgan fingerprint density at radius 2 is 1.68 bits per heavy atom. The first-order valence-electron chi connectivity index (χ1n) is 10.9. The fourth-order valence-corrected chi connectivity index (χ4v) is 3.30. The number of halogens is 2. The van der Waals surface area contributed by atoms with Crippen LogP contribution in [-0.4, -0.2) is 25.3 Å². The van der Waals surface area contributed by atoms with Crippen molar-refractivity contribution < 1.29 is 19.0 Å². The quantitative estimate of drug-likeness (QED) is 0.240. The van der Waals surface area contributed by atoms with Crippen molar-refractivity contribution in [1.29, 1.82) is 0 Å². The summed E-state index contributed by atoms with van der Waals surface area (Å²) in [6.07, 6.45) is 2.39. The van der Waals surface area contributed by atoms with Gasteiger partial charge in [0.15, 0.2) is 11.5 Å². The molecule has 8 heteroatoms. The SMILES string of the molecule is CCCOc1ccc(C(=O)N/N=C/c2ccc(OCc3ccc(Cl)cc3)c(Cl)c2)cc1OCC. The fraction of sp³-hybridized carbons (Fsp3) is 0.231. The summed E-state index contributed by atoms with van der Waals surface area (Å²) in [5.74, 6) is 1.31. The summed E-state index contributed by atoms with van der Waals surface area (Å²) in [6.45, 7) is 5.30.